The normalized spacial score (nSPS) is 19.8. The molecule has 1 atom stereocenters. The van der Waals surface area contributed by atoms with E-state index in [1.807, 2.05) is 4.68 Å². The molecule has 0 spiro atoms. The van der Waals surface area contributed by atoms with Crippen LogP contribution >= 0.6 is 24.0 Å². The molecule has 1 amide bonds. The van der Waals surface area contributed by atoms with Crippen LogP contribution in [0.1, 0.15) is 69.9 Å². The molecule has 1 aliphatic heterocycles. The maximum Gasteiger partial charge on any atom is 0.243 e. The van der Waals surface area contributed by atoms with Crippen molar-refractivity contribution in [2.24, 2.45) is 10.9 Å². The van der Waals surface area contributed by atoms with Gasteiger partial charge in [-0.1, -0.05) is 33.1 Å². The van der Waals surface area contributed by atoms with Crippen LogP contribution in [0.2, 0.25) is 0 Å². The van der Waals surface area contributed by atoms with Gasteiger partial charge in [0, 0.05) is 39.0 Å². The zero-order valence-electron chi connectivity index (χ0n) is 18.9. The summed E-state index contributed by atoms with van der Waals surface area (Å²) in [6, 6.07) is 0.233. The van der Waals surface area contributed by atoms with Crippen LogP contribution in [0.25, 0.3) is 0 Å². The van der Waals surface area contributed by atoms with Crippen LogP contribution in [-0.4, -0.2) is 64.8 Å². The molecule has 1 saturated carbocycles. The third kappa shape index (κ3) is 7.09. The van der Waals surface area contributed by atoms with Gasteiger partial charge in [0.15, 0.2) is 11.8 Å². The first-order valence-corrected chi connectivity index (χ1v) is 11.1. The fourth-order valence-electron chi connectivity index (χ4n) is 3.96. The van der Waals surface area contributed by atoms with Crippen molar-refractivity contribution >= 4 is 35.8 Å². The van der Waals surface area contributed by atoms with Gasteiger partial charge in [0.1, 0.15) is 12.4 Å². The molecule has 8 nitrogen and oxygen atoms in total. The van der Waals surface area contributed by atoms with Crippen molar-refractivity contribution in [3.05, 3.63) is 11.6 Å². The number of amides is 1. The van der Waals surface area contributed by atoms with Crippen molar-refractivity contribution in [1.29, 1.82) is 0 Å². The van der Waals surface area contributed by atoms with Crippen LogP contribution in [0.3, 0.4) is 0 Å². The van der Waals surface area contributed by atoms with Crippen molar-refractivity contribution in [1.82, 2.24) is 30.3 Å². The number of carbonyl (C=O) groups excluding carboxylic acids is 1. The molecule has 9 heteroatoms. The Morgan fingerprint density at radius 1 is 1.23 bits per heavy atom. The van der Waals surface area contributed by atoms with Crippen molar-refractivity contribution < 1.29 is 4.79 Å². The highest BCUT2D eigenvalue weighted by atomic mass is 127. The van der Waals surface area contributed by atoms with E-state index in [2.05, 4.69) is 39.6 Å². The minimum Gasteiger partial charge on any atom is -0.356 e. The fourth-order valence-corrected chi connectivity index (χ4v) is 3.96. The number of rotatable bonds is 6. The molecule has 2 heterocycles. The molecule has 0 saturated heterocycles. The van der Waals surface area contributed by atoms with Gasteiger partial charge >= 0.3 is 0 Å². The van der Waals surface area contributed by atoms with E-state index in [4.69, 9.17) is 0 Å². The highest BCUT2D eigenvalue weighted by Gasteiger charge is 2.23. The van der Waals surface area contributed by atoms with E-state index in [1.54, 1.807) is 19.0 Å². The van der Waals surface area contributed by atoms with Gasteiger partial charge in [-0.3, -0.25) is 4.79 Å². The lowest BCUT2D eigenvalue weighted by molar-refractivity contribution is -0.127. The summed E-state index contributed by atoms with van der Waals surface area (Å²) in [5.41, 5.74) is 0. The van der Waals surface area contributed by atoms with Gasteiger partial charge in [-0.05, 0) is 25.2 Å². The van der Waals surface area contributed by atoms with Crippen LogP contribution in [0.15, 0.2) is 4.99 Å². The molecule has 1 aromatic heterocycles. The zero-order valence-corrected chi connectivity index (χ0v) is 21.2. The van der Waals surface area contributed by atoms with E-state index in [1.165, 1.54) is 32.1 Å². The number of hydrogen-bond acceptors (Lipinski definition) is 4. The summed E-state index contributed by atoms with van der Waals surface area (Å²) in [4.78, 5) is 22.8. The van der Waals surface area contributed by atoms with Gasteiger partial charge < -0.3 is 15.5 Å². The number of halogens is 1. The number of hydrogen-bond donors (Lipinski definition) is 2. The molecule has 170 valence electrons. The Labute approximate surface area is 197 Å². The van der Waals surface area contributed by atoms with Gasteiger partial charge in [-0.25, -0.2) is 14.7 Å². The lowest BCUT2D eigenvalue weighted by Crippen LogP contribution is -2.48. The number of nitrogens with zero attached hydrogens (tertiary/aromatic N) is 5. The van der Waals surface area contributed by atoms with E-state index < -0.39 is 0 Å². The highest BCUT2D eigenvalue weighted by molar-refractivity contribution is 14.0. The SMILES string of the molecule is CC(C)c1nc2n(n1)CC(NC(=NCC(=O)N(C)C)NCC1CCCCC1)CC2.I. The number of aromatic nitrogens is 3. The second-order valence-corrected chi connectivity index (χ2v) is 8.94. The topological polar surface area (TPSA) is 87.4 Å². The molecule has 30 heavy (non-hydrogen) atoms. The Kier molecular flexibility index (Phi) is 9.83. The smallest absolute Gasteiger partial charge is 0.243 e. The average Bonchev–Trinajstić information content (AvgIpc) is 3.14. The largest absolute Gasteiger partial charge is 0.356 e. The lowest BCUT2D eigenvalue weighted by Gasteiger charge is -2.27. The molecule has 1 fully saturated rings. The average molecular weight is 531 g/mol. The van der Waals surface area contributed by atoms with Crippen molar-refractivity contribution in [2.75, 3.05) is 27.2 Å². The number of fused-ring (bicyclic) bond motifs is 1. The van der Waals surface area contributed by atoms with Crippen LogP contribution in [0.4, 0.5) is 0 Å². The summed E-state index contributed by atoms with van der Waals surface area (Å²) >= 11 is 0. The minimum absolute atomic E-state index is 0. The van der Waals surface area contributed by atoms with Gasteiger partial charge in [0.25, 0.3) is 0 Å². The van der Waals surface area contributed by atoms with Crippen LogP contribution in [-0.2, 0) is 17.8 Å². The number of carbonyl (C=O) groups is 1. The quantitative estimate of drug-likeness (QED) is 0.335. The van der Waals surface area contributed by atoms with Crippen molar-refractivity contribution in [3.8, 4) is 0 Å². The van der Waals surface area contributed by atoms with Gasteiger partial charge in [0.05, 0.1) is 6.54 Å². The standard InChI is InChI=1S/C21H37N7O.HI/c1-15(2)20-25-18-11-10-17(14-28(18)26-20)24-21(23-13-19(29)27(3)4)22-12-16-8-6-5-7-9-16;/h15-17H,5-14H2,1-4H3,(H2,22,23,24);1H. The number of aliphatic imine (C=N–C) groups is 1. The molecule has 1 aliphatic carbocycles. The van der Waals surface area contributed by atoms with Crippen LogP contribution < -0.4 is 10.6 Å². The van der Waals surface area contributed by atoms with Crippen LogP contribution in [0, 0.1) is 5.92 Å². The summed E-state index contributed by atoms with van der Waals surface area (Å²) in [6.07, 6.45) is 8.45. The molecular formula is C21H38IN7O. The fraction of sp³-hybridized carbons (Fsp3) is 0.810. The number of likely N-dealkylation sites (N-methyl/N-ethyl adjacent to an activating group) is 1. The Morgan fingerprint density at radius 3 is 2.63 bits per heavy atom. The molecule has 2 N–H and O–H groups in total. The number of guanidine groups is 1. The first kappa shape index (κ1) is 24.9. The molecule has 2 aliphatic rings. The highest BCUT2D eigenvalue weighted by Crippen LogP contribution is 2.22. The predicted molar refractivity (Wildman–Crippen MR) is 130 cm³/mol. The second kappa shape index (κ2) is 11.9. The summed E-state index contributed by atoms with van der Waals surface area (Å²) in [7, 11) is 3.53. The molecule has 1 unspecified atom stereocenters. The molecule has 1 aromatic rings. The van der Waals surface area contributed by atoms with Crippen molar-refractivity contribution in [3.63, 3.8) is 0 Å². The van der Waals surface area contributed by atoms with Gasteiger partial charge in [0.2, 0.25) is 5.91 Å². The third-order valence-electron chi connectivity index (χ3n) is 5.89. The van der Waals surface area contributed by atoms with E-state index in [9.17, 15) is 4.79 Å². The Balaban J connectivity index is 0.00000320. The number of nitrogens with one attached hydrogen (secondary N) is 2. The zero-order chi connectivity index (χ0) is 20.8. The Hall–Kier alpha value is -1.39. The Bertz CT molecular complexity index is 710. The Morgan fingerprint density at radius 2 is 1.97 bits per heavy atom. The molecular weight excluding hydrogens is 493 g/mol. The van der Waals surface area contributed by atoms with Gasteiger partial charge in [-0.15, -0.1) is 24.0 Å². The summed E-state index contributed by atoms with van der Waals surface area (Å²) in [5, 5.41) is 11.7. The predicted octanol–water partition coefficient (Wildman–Crippen LogP) is 2.54. The van der Waals surface area contributed by atoms with E-state index >= 15 is 0 Å². The summed E-state index contributed by atoms with van der Waals surface area (Å²) in [5.74, 6) is 3.77. The molecule has 3 rings (SSSR count). The van der Waals surface area contributed by atoms with E-state index in [0.29, 0.717) is 11.8 Å². The monoisotopic (exact) mass is 531 g/mol. The van der Waals surface area contributed by atoms with Crippen molar-refractivity contribution in [2.45, 2.75) is 77.3 Å². The summed E-state index contributed by atoms with van der Waals surface area (Å²) < 4.78 is 2.03. The minimum atomic E-state index is 0. The first-order valence-electron chi connectivity index (χ1n) is 11.1. The van der Waals surface area contributed by atoms with E-state index in [0.717, 1.165) is 43.5 Å². The molecule has 0 aromatic carbocycles. The second-order valence-electron chi connectivity index (χ2n) is 8.94. The number of aryl methyl sites for hydroxylation is 1. The van der Waals surface area contributed by atoms with E-state index in [-0.39, 0.29) is 42.5 Å². The first-order chi connectivity index (χ1) is 13.9. The van der Waals surface area contributed by atoms with Crippen LogP contribution in [0.5, 0.6) is 0 Å². The maximum atomic E-state index is 12.0. The maximum absolute atomic E-state index is 12.0. The molecule has 0 radical (unpaired) electrons. The molecule has 0 bridgehead atoms. The third-order valence-corrected chi connectivity index (χ3v) is 5.89. The van der Waals surface area contributed by atoms with Gasteiger partial charge in [-0.2, -0.15) is 5.10 Å². The lowest BCUT2D eigenvalue weighted by atomic mass is 9.89. The summed E-state index contributed by atoms with van der Waals surface area (Å²) in [6.45, 7) is 6.10.